The molecule has 1 aliphatic carbocycles. The maximum atomic E-state index is 14.6. The summed E-state index contributed by atoms with van der Waals surface area (Å²) in [5, 5.41) is 9.89. The van der Waals surface area contributed by atoms with Crippen molar-refractivity contribution in [1.82, 2.24) is 25.1 Å². The maximum absolute atomic E-state index is 14.6. The minimum atomic E-state index is -0.413. The molecule has 3 aromatic rings. The summed E-state index contributed by atoms with van der Waals surface area (Å²) in [6.07, 6.45) is 4.71. The van der Waals surface area contributed by atoms with Crippen LogP contribution in [0, 0.1) is 5.82 Å². The second-order valence-electron chi connectivity index (χ2n) is 7.14. The first-order valence-corrected chi connectivity index (χ1v) is 9.50. The number of aromatic nitrogens is 4. The SMILES string of the molecule is O=C(CN1CC2(CC2)c2c(ccc(Br)c2F)C1=O)Nc1ncc2cn[nH]c2n1. The third kappa shape index (κ3) is 2.67. The minimum absolute atomic E-state index is 0.128. The van der Waals surface area contributed by atoms with Crippen LogP contribution in [0.2, 0.25) is 0 Å². The molecule has 8 nitrogen and oxygen atoms in total. The zero-order valence-electron chi connectivity index (χ0n) is 14.5. The van der Waals surface area contributed by atoms with Gasteiger partial charge in [0.25, 0.3) is 5.91 Å². The van der Waals surface area contributed by atoms with Crippen LogP contribution >= 0.6 is 15.9 Å². The molecule has 1 saturated carbocycles. The summed E-state index contributed by atoms with van der Waals surface area (Å²) in [5.41, 5.74) is 0.901. The summed E-state index contributed by atoms with van der Waals surface area (Å²) in [6.45, 7) is 0.169. The molecule has 0 atom stereocenters. The lowest BCUT2D eigenvalue weighted by atomic mass is 9.86. The Hall–Kier alpha value is -2.88. The Bertz CT molecular complexity index is 1140. The Morgan fingerprint density at radius 1 is 1.36 bits per heavy atom. The van der Waals surface area contributed by atoms with Gasteiger partial charge in [0.15, 0.2) is 5.65 Å². The van der Waals surface area contributed by atoms with Gasteiger partial charge in [0.2, 0.25) is 11.9 Å². The van der Waals surface area contributed by atoms with E-state index in [9.17, 15) is 14.0 Å². The zero-order valence-corrected chi connectivity index (χ0v) is 16.1. The molecule has 5 rings (SSSR count). The van der Waals surface area contributed by atoms with Gasteiger partial charge in [-0.15, -0.1) is 0 Å². The molecule has 0 saturated heterocycles. The average Bonchev–Trinajstić information content (AvgIpc) is 3.27. The van der Waals surface area contributed by atoms with E-state index >= 15 is 0 Å². The van der Waals surface area contributed by atoms with Crippen molar-refractivity contribution < 1.29 is 14.0 Å². The fourth-order valence-corrected chi connectivity index (χ4v) is 4.09. The Morgan fingerprint density at radius 3 is 2.96 bits per heavy atom. The second kappa shape index (κ2) is 6.06. The first-order valence-electron chi connectivity index (χ1n) is 8.71. The van der Waals surface area contributed by atoms with Gasteiger partial charge in [-0.25, -0.2) is 9.37 Å². The van der Waals surface area contributed by atoms with Gasteiger partial charge in [0.1, 0.15) is 12.4 Å². The Labute approximate surface area is 166 Å². The monoisotopic (exact) mass is 444 g/mol. The number of anilines is 1. The number of nitrogens with one attached hydrogen (secondary N) is 2. The predicted octanol–water partition coefficient (Wildman–Crippen LogP) is 2.38. The van der Waals surface area contributed by atoms with Crippen molar-refractivity contribution in [3.63, 3.8) is 0 Å². The maximum Gasteiger partial charge on any atom is 0.254 e. The molecular weight excluding hydrogens is 431 g/mol. The summed E-state index contributed by atoms with van der Waals surface area (Å²) in [6, 6.07) is 3.14. The van der Waals surface area contributed by atoms with Crippen LogP contribution < -0.4 is 5.32 Å². The van der Waals surface area contributed by atoms with E-state index < -0.39 is 11.3 Å². The van der Waals surface area contributed by atoms with Crippen molar-refractivity contribution in [2.45, 2.75) is 18.3 Å². The van der Waals surface area contributed by atoms with Gasteiger partial charge in [-0.2, -0.15) is 10.1 Å². The number of halogens is 2. The Kier molecular flexibility index (Phi) is 3.73. The molecule has 28 heavy (non-hydrogen) atoms. The zero-order chi connectivity index (χ0) is 19.5. The molecule has 2 N–H and O–H groups in total. The van der Waals surface area contributed by atoms with E-state index in [1.54, 1.807) is 18.5 Å². The first kappa shape index (κ1) is 17.2. The van der Waals surface area contributed by atoms with E-state index in [4.69, 9.17) is 0 Å². The number of nitrogens with zero attached hydrogens (tertiary/aromatic N) is 4. The van der Waals surface area contributed by atoms with Crippen LogP contribution in [0.5, 0.6) is 0 Å². The molecule has 1 aliphatic heterocycles. The number of rotatable bonds is 3. The fraction of sp³-hybridized carbons (Fsp3) is 0.278. The number of carbonyl (C=O) groups is 2. The van der Waals surface area contributed by atoms with Crippen LogP contribution in [0.15, 0.2) is 29.0 Å². The summed E-state index contributed by atoms with van der Waals surface area (Å²) < 4.78 is 15.0. The molecule has 1 spiro atoms. The number of amides is 2. The van der Waals surface area contributed by atoms with Crippen LogP contribution in [-0.2, 0) is 10.2 Å². The van der Waals surface area contributed by atoms with Crippen LogP contribution in [-0.4, -0.2) is 50.0 Å². The molecule has 2 aliphatic rings. The quantitative estimate of drug-likeness (QED) is 0.645. The first-order chi connectivity index (χ1) is 13.5. The van der Waals surface area contributed by atoms with Crippen molar-refractivity contribution in [3.8, 4) is 0 Å². The number of aromatic amines is 1. The molecule has 2 amide bonds. The van der Waals surface area contributed by atoms with Crippen molar-refractivity contribution in [3.05, 3.63) is 45.9 Å². The lowest BCUT2D eigenvalue weighted by molar-refractivity contribution is -0.117. The van der Waals surface area contributed by atoms with Gasteiger partial charge in [-0.1, -0.05) is 0 Å². The number of benzene rings is 1. The summed E-state index contributed by atoms with van der Waals surface area (Å²) in [5.74, 6) is -1.01. The van der Waals surface area contributed by atoms with Crippen molar-refractivity contribution >= 4 is 44.7 Å². The lowest BCUT2D eigenvalue weighted by Gasteiger charge is -2.34. The third-order valence-electron chi connectivity index (χ3n) is 5.27. The van der Waals surface area contributed by atoms with E-state index in [1.807, 2.05) is 0 Å². The van der Waals surface area contributed by atoms with Crippen LogP contribution in [0.4, 0.5) is 10.3 Å². The van der Waals surface area contributed by atoms with Crippen molar-refractivity contribution in [1.29, 1.82) is 0 Å². The molecule has 10 heteroatoms. The van der Waals surface area contributed by atoms with Crippen LogP contribution in [0.1, 0.15) is 28.8 Å². The second-order valence-corrected chi connectivity index (χ2v) is 8.00. The van der Waals surface area contributed by atoms with Gasteiger partial charge < -0.3 is 4.90 Å². The third-order valence-corrected chi connectivity index (χ3v) is 5.88. The summed E-state index contributed by atoms with van der Waals surface area (Å²) in [7, 11) is 0. The van der Waals surface area contributed by atoms with E-state index in [0.29, 0.717) is 27.8 Å². The molecule has 1 aromatic carbocycles. The van der Waals surface area contributed by atoms with E-state index in [2.05, 4.69) is 41.4 Å². The number of H-pyrrole nitrogens is 1. The Morgan fingerprint density at radius 2 is 2.18 bits per heavy atom. The molecule has 0 radical (unpaired) electrons. The van der Waals surface area contributed by atoms with Gasteiger partial charge in [-0.05, 0) is 40.9 Å². The summed E-state index contributed by atoms with van der Waals surface area (Å²) >= 11 is 3.20. The molecule has 0 bridgehead atoms. The van der Waals surface area contributed by atoms with Crippen molar-refractivity contribution in [2.24, 2.45) is 0 Å². The van der Waals surface area contributed by atoms with Crippen molar-refractivity contribution in [2.75, 3.05) is 18.4 Å². The van der Waals surface area contributed by atoms with E-state index in [0.717, 1.165) is 18.2 Å². The smallest absolute Gasteiger partial charge is 0.254 e. The minimum Gasteiger partial charge on any atom is -0.328 e. The van der Waals surface area contributed by atoms with Crippen LogP contribution in [0.25, 0.3) is 11.0 Å². The van der Waals surface area contributed by atoms with E-state index in [-0.39, 0.29) is 24.2 Å². The topological polar surface area (TPSA) is 104 Å². The van der Waals surface area contributed by atoms with Gasteiger partial charge in [0.05, 0.1) is 16.1 Å². The highest BCUT2D eigenvalue weighted by Crippen LogP contribution is 2.53. The average molecular weight is 445 g/mol. The predicted molar refractivity (Wildman–Crippen MR) is 101 cm³/mol. The van der Waals surface area contributed by atoms with Gasteiger partial charge in [0, 0.05) is 29.3 Å². The molecule has 142 valence electrons. The number of carbonyl (C=O) groups excluding carboxylic acids is 2. The number of fused-ring (bicyclic) bond motifs is 3. The van der Waals surface area contributed by atoms with E-state index in [1.165, 1.54) is 11.0 Å². The fourth-order valence-electron chi connectivity index (χ4n) is 3.76. The molecule has 0 unspecified atom stereocenters. The molecule has 2 aromatic heterocycles. The van der Waals surface area contributed by atoms with Gasteiger partial charge in [-0.3, -0.25) is 20.0 Å². The highest BCUT2D eigenvalue weighted by molar-refractivity contribution is 9.10. The molecular formula is C18H14BrFN6O2. The lowest BCUT2D eigenvalue weighted by Crippen LogP contribution is -2.47. The van der Waals surface area contributed by atoms with Gasteiger partial charge >= 0.3 is 0 Å². The van der Waals surface area contributed by atoms with Crippen LogP contribution in [0.3, 0.4) is 0 Å². The Balaban J connectivity index is 1.37. The number of hydrogen-bond acceptors (Lipinski definition) is 5. The highest BCUT2D eigenvalue weighted by atomic mass is 79.9. The normalized spacial score (nSPS) is 17.1. The molecule has 3 heterocycles. The summed E-state index contributed by atoms with van der Waals surface area (Å²) in [4.78, 5) is 35.0. The highest BCUT2D eigenvalue weighted by Gasteiger charge is 2.53. The standard InChI is InChI=1S/C18H14BrFN6O2/c19-11-2-1-10-13(14(11)20)18(3-4-18)8-26(16(10)28)7-12(27)23-17-21-5-9-6-22-25-15(9)24-17/h1-2,5-6H,3-4,7-8H2,(H2,21,22,23,24,25,27). The largest absolute Gasteiger partial charge is 0.328 e. The molecule has 1 fully saturated rings. The number of hydrogen-bond donors (Lipinski definition) is 2.